The zero-order valence-electron chi connectivity index (χ0n) is 10.8. The second-order valence-electron chi connectivity index (χ2n) is 4.51. The molecule has 0 aliphatic carbocycles. The van der Waals surface area contributed by atoms with Gasteiger partial charge >= 0.3 is 0 Å². The minimum atomic E-state index is -0.0136. The number of thioether (sulfide) groups is 1. The van der Waals surface area contributed by atoms with Crippen molar-refractivity contribution in [3.8, 4) is 0 Å². The Morgan fingerprint density at radius 3 is 3.11 bits per heavy atom. The lowest BCUT2D eigenvalue weighted by Gasteiger charge is -2.17. The molecule has 0 saturated carbocycles. The van der Waals surface area contributed by atoms with Gasteiger partial charge in [-0.3, -0.25) is 14.5 Å². The zero-order valence-corrected chi connectivity index (χ0v) is 11.6. The fourth-order valence-corrected chi connectivity index (χ4v) is 2.87. The van der Waals surface area contributed by atoms with E-state index in [0.717, 1.165) is 5.82 Å². The molecule has 1 N–H and O–H groups in total. The summed E-state index contributed by atoms with van der Waals surface area (Å²) in [5.41, 5.74) is 0. The van der Waals surface area contributed by atoms with E-state index in [1.807, 2.05) is 0 Å². The molecule has 1 aliphatic rings. The van der Waals surface area contributed by atoms with Gasteiger partial charge in [0.05, 0.1) is 19.3 Å². The molecule has 19 heavy (non-hydrogen) atoms. The van der Waals surface area contributed by atoms with Crippen LogP contribution in [0.15, 0.2) is 12.3 Å². The van der Waals surface area contributed by atoms with Gasteiger partial charge in [-0.25, -0.2) is 4.68 Å². The molecule has 1 atom stereocenters. The molecule has 0 aromatic carbocycles. The van der Waals surface area contributed by atoms with Crippen LogP contribution in [0.25, 0.3) is 0 Å². The molecule has 7 heteroatoms. The van der Waals surface area contributed by atoms with Gasteiger partial charge in [0, 0.05) is 31.7 Å². The lowest BCUT2D eigenvalue weighted by molar-refractivity contribution is -0.117. The van der Waals surface area contributed by atoms with Crippen molar-refractivity contribution < 1.29 is 14.7 Å². The first kappa shape index (κ1) is 14.1. The molecular weight excluding hydrogens is 266 g/mol. The largest absolute Gasteiger partial charge is 0.394 e. The Morgan fingerprint density at radius 2 is 2.42 bits per heavy atom. The SMILES string of the molecule is CC(=O)SCC1CC(=O)N(c2ccnn2CCO)C1. The topological polar surface area (TPSA) is 75.4 Å². The lowest BCUT2D eigenvalue weighted by Crippen LogP contribution is -2.28. The third-order valence-corrected chi connectivity index (χ3v) is 4.05. The number of hydrogen-bond acceptors (Lipinski definition) is 5. The quantitative estimate of drug-likeness (QED) is 0.852. The van der Waals surface area contributed by atoms with E-state index in [0.29, 0.717) is 25.3 Å². The average molecular weight is 283 g/mol. The Morgan fingerprint density at radius 1 is 1.63 bits per heavy atom. The Labute approximate surface area is 115 Å². The number of hydrogen-bond donors (Lipinski definition) is 1. The van der Waals surface area contributed by atoms with Crippen LogP contribution in [0.2, 0.25) is 0 Å². The van der Waals surface area contributed by atoms with Crippen LogP contribution >= 0.6 is 11.8 Å². The van der Waals surface area contributed by atoms with Gasteiger partial charge in [0.1, 0.15) is 5.82 Å². The normalized spacial score (nSPS) is 19.2. The molecule has 0 spiro atoms. The lowest BCUT2D eigenvalue weighted by atomic mass is 10.1. The summed E-state index contributed by atoms with van der Waals surface area (Å²) in [6, 6.07) is 1.77. The van der Waals surface area contributed by atoms with E-state index in [1.165, 1.54) is 18.7 Å². The molecule has 1 aromatic rings. The summed E-state index contributed by atoms with van der Waals surface area (Å²) >= 11 is 1.26. The summed E-state index contributed by atoms with van der Waals surface area (Å²) in [7, 11) is 0. The molecule has 2 heterocycles. The molecule has 6 nitrogen and oxygen atoms in total. The number of rotatable bonds is 5. The number of carbonyl (C=O) groups is 2. The Kier molecular flexibility index (Phi) is 4.60. The molecule has 0 radical (unpaired) electrons. The number of aliphatic hydroxyl groups is 1. The van der Waals surface area contributed by atoms with Crippen LogP contribution in [0.4, 0.5) is 5.82 Å². The smallest absolute Gasteiger partial charge is 0.228 e. The number of amides is 1. The van der Waals surface area contributed by atoms with Gasteiger partial charge in [0.15, 0.2) is 5.12 Å². The van der Waals surface area contributed by atoms with E-state index in [1.54, 1.807) is 21.8 Å². The standard InChI is InChI=1S/C12H17N3O3S/c1-9(17)19-8-10-6-12(18)14(7-10)11-2-3-13-15(11)4-5-16/h2-3,10,16H,4-8H2,1H3. The number of carbonyl (C=O) groups excluding carboxylic acids is 2. The first-order valence-corrected chi connectivity index (χ1v) is 7.16. The molecular formula is C12H17N3O3S. The van der Waals surface area contributed by atoms with Gasteiger partial charge in [-0.2, -0.15) is 5.10 Å². The van der Waals surface area contributed by atoms with Gasteiger partial charge in [-0.1, -0.05) is 11.8 Å². The van der Waals surface area contributed by atoms with E-state index >= 15 is 0 Å². The van der Waals surface area contributed by atoms with Crippen molar-refractivity contribution in [2.75, 3.05) is 23.8 Å². The fraction of sp³-hybridized carbons (Fsp3) is 0.583. The fourth-order valence-electron chi connectivity index (χ4n) is 2.17. The number of aromatic nitrogens is 2. The first-order chi connectivity index (χ1) is 9.11. The highest BCUT2D eigenvalue weighted by molar-refractivity contribution is 8.13. The van der Waals surface area contributed by atoms with Crippen molar-refractivity contribution in [3.05, 3.63) is 12.3 Å². The monoisotopic (exact) mass is 283 g/mol. The van der Waals surface area contributed by atoms with E-state index in [2.05, 4.69) is 5.10 Å². The van der Waals surface area contributed by atoms with Crippen LogP contribution in [-0.2, 0) is 16.1 Å². The van der Waals surface area contributed by atoms with Crippen molar-refractivity contribution in [1.82, 2.24) is 9.78 Å². The van der Waals surface area contributed by atoms with Crippen molar-refractivity contribution in [2.45, 2.75) is 19.9 Å². The van der Waals surface area contributed by atoms with Gasteiger partial charge < -0.3 is 5.11 Å². The number of anilines is 1. The summed E-state index contributed by atoms with van der Waals surface area (Å²) in [6.45, 7) is 2.51. The van der Waals surface area contributed by atoms with Crippen molar-refractivity contribution in [3.63, 3.8) is 0 Å². The second kappa shape index (κ2) is 6.21. The molecule has 1 amide bonds. The molecule has 1 aromatic heterocycles. The molecule has 1 unspecified atom stereocenters. The first-order valence-electron chi connectivity index (χ1n) is 6.18. The summed E-state index contributed by atoms with van der Waals surface area (Å²) in [6.07, 6.45) is 2.08. The summed E-state index contributed by atoms with van der Waals surface area (Å²) in [5, 5.41) is 13.1. The highest BCUT2D eigenvalue weighted by atomic mass is 32.2. The summed E-state index contributed by atoms with van der Waals surface area (Å²) in [4.78, 5) is 24.7. The third-order valence-electron chi connectivity index (χ3n) is 3.01. The molecule has 2 rings (SSSR count). The van der Waals surface area contributed by atoms with E-state index in [9.17, 15) is 9.59 Å². The summed E-state index contributed by atoms with van der Waals surface area (Å²) < 4.78 is 1.62. The van der Waals surface area contributed by atoms with Crippen LogP contribution < -0.4 is 4.90 Å². The van der Waals surface area contributed by atoms with Crippen LogP contribution in [-0.4, -0.2) is 44.8 Å². The maximum absolute atomic E-state index is 12.0. The minimum absolute atomic E-state index is 0.0136. The average Bonchev–Trinajstić information content (AvgIpc) is 2.93. The van der Waals surface area contributed by atoms with Gasteiger partial charge in [0.25, 0.3) is 0 Å². The van der Waals surface area contributed by atoms with E-state index in [-0.39, 0.29) is 23.5 Å². The predicted molar refractivity (Wildman–Crippen MR) is 72.9 cm³/mol. The Hall–Kier alpha value is -1.34. The van der Waals surface area contributed by atoms with Crippen LogP contribution in [0, 0.1) is 5.92 Å². The maximum atomic E-state index is 12.0. The number of aliphatic hydroxyl groups excluding tert-OH is 1. The molecule has 1 aliphatic heterocycles. The molecule has 0 bridgehead atoms. The summed E-state index contributed by atoms with van der Waals surface area (Å²) in [5.74, 6) is 1.63. The van der Waals surface area contributed by atoms with Gasteiger partial charge in [-0.05, 0) is 5.92 Å². The predicted octanol–water partition coefficient (Wildman–Crippen LogP) is 0.508. The number of nitrogens with zero attached hydrogens (tertiary/aromatic N) is 3. The van der Waals surface area contributed by atoms with Crippen LogP contribution in [0.3, 0.4) is 0 Å². The maximum Gasteiger partial charge on any atom is 0.228 e. The van der Waals surface area contributed by atoms with E-state index < -0.39 is 0 Å². The zero-order chi connectivity index (χ0) is 13.8. The molecule has 104 valence electrons. The van der Waals surface area contributed by atoms with Crippen LogP contribution in [0.1, 0.15) is 13.3 Å². The van der Waals surface area contributed by atoms with Gasteiger partial charge in [-0.15, -0.1) is 0 Å². The highest BCUT2D eigenvalue weighted by Gasteiger charge is 2.32. The van der Waals surface area contributed by atoms with Crippen molar-refractivity contribution in [2.24, 2.45) is 5.92 Å². The Bertz CT molecular complexity index is 475. The van der Waals surface area contributed by atoms with Crippen LogP contribution in [0.5, 0.6) is 0 Å². The van der Waals surface area contributed by atoms with Crippen molar-refractivity contribution in [1.29, 1.82) is 0 Å². The second-order valence-corrected chi connectivity index (χ2v) is 5.71. The minimum Gasteiger partial charge on any atom is -0.394 e. The molecule has 1 saturated heterocycles. The third kappa shape index (κ3) is 3.36. The van der Waals surface area contributed by atoms with E-state index in [4.69, 9.17) is 5.11 Å². The highest BCUT2D eigenvalue weighted by Crippen LogP contribution is 2.27. The van der Waals surface area contributed by atoms with Crippen molar-refractivity contribution >= 4 is 28.6 Å². The molecule has 1 fully saturated rings. The Balaban J connectivity index is 2.03. The van der Waals surface area contributed by atoms with Gasteiger partial charge in [0.2, 0.25) is 5.91 Å².